The summed E-state index contributed by atoms with van der Waals surface area (Å²) in [6.45, 7) is 41.3. The van der Waals surface area contributed by atoms with Crippen LogP contribution in [0.3, 0.4) is 0 Å². The minimum Gasteiger partial charge on any atom is -0.497 e. The van der Waals surface area contributed by atoms with Gasteiger partial charge in [0.05, 0.1) is 77.9 Å². The van der Waals surface area contributed by atoms with Crippen molar-refractivity contribution >= 4 is 5.69 Å². The molecular formula is C99H115N5O8. The molecule has 12 rings (SSSR count). The topological polar surface area (TPSA) is 185 Å². The van der Waals surface area contributed by atoms with E-state index in [0.717, 1.165) is 83.8 Å². The van der Waals surface area contributed by atoms with Crippen LogP contribution in [0.4, 0.5) is 5.69 Å². The monoisotopic (exact) mass is 1500 g/mol. The number of aliphatic hydroxyl groups excluding tert-OH is 5. The molecule has 112 heavy (non-hydrogen) atoms. The van der Waals surface area contributed by atoms with Crippen molar-refractivity contribution in [2.45, 2.75) is 179 Å². The third-order valence-electron chi connectivity index (χ3n) is 19.7. The van der Waals surface area contributed by atoms with E-state index in [2.05, 4.69) is 253 Å². The molecule has 12 aromatic rings. The average molecular weight is 1500 g/mol. The smallest absolute Gasteiger partial charge is 0.224 e. The molecule has 0 unspecified atom stereocenters. The SMILES string of the molecule is CC(C)c1ccc(-c2ccccc2CO)cc1.COc1cc(C(C)C)ccc1-c1cnc(C)nc1CO.COc1ncnc(CO)c1-c1ccc(C(C)C)cc1.Cc1ccc(-c2ccc(C(C)C)cc2)c(CO)c1.Cc1ccc(-c2ccc(C(C)C)cc2)c(CO)c1.[C-]#[N+]c1cc(C)c(OC)cc1-c1ccc(C(C)C)cc1. The Morgan fingerprint density at radius 2 is 0.723 bits per heavy atom. The third kappa shape index (κ3) is 24.3. The number of aryl methyl sites for hydroxylation is 4. The fraction of sp³-hybridized carbons (Fsp3) is 0.303. The van der Waals surface area contributed by atoms with Crippen molar-refractivity contribution in [3.05, 3.63) is 320 Å². The van der Waals surface area contributed by atoms with Crippen LogP contribution in [0, 0.1) is 34.3 Å². The summed E-state index contributed by atoms with van der Waals surface area (Å²) < 4.78 is 16.1. The molecule has 0 aliphatic carbocycles. The summed E-state index contributed by atoms with van der Waals surface area (Å²) in [5.41, 5.74) is 28.3. The van der Waals surface area contributed by atoms with Gasteiger partial charge in [-0.05, 0) is 187 Å². The van der Waals surface area contributed by atoms with Gasteiger partial charge in [0.25, 0.3) is 0 Å². The lowest BCUT2D eigenvalue weighted by Crippen LogP contribution is -2.00. The minimum absolute atomic E-state index is 0.0854. The van der Waals surface area contributed by atoms with E-state index in [-0.39, 0.29) is 33.0 Å². The van der Waals surface area contributed by atoms with Crippen molar-refractivity contribution in [3.63, 3.8) is 0 Å². The third-order valence-corrected chi connectivity index (χ3v) is 19.7. The fourth-order valence-electron chi connectivity index (χ4n) is 12.8. The van der Waals surface area contributed by atoms with Crippen LogP contribution in [0.5, 0.6) is 17.4 Å². The minimum atomic E-state index is -0.139. The standard InChI is InChI=1S/C18H19NO.2C17H20O.C16H20N2O2.C16H18O.C15H18N2O2/c1-12(2)14-6-8-15(9-7-14)16-11-18(20-5)13(3)10-17(16)19-4;2*1-12(2)14-5-7-15(8-6-14)17-9-4-13(3)10-16(17)11-18;1-10(2)12-5-6-13(16(7-12)20-4)14-8-17-11(3)18-15(14)9-19;1-12(2)13-7-9-14(10-8-13)16-6-4-3-5-15(16)11-17;1-10(2)11-4-6-12(7-5-11)14-13(8-18)16-9-17-15(14)19-3/h6-12H,1-3,5H3;2*4-10,12,18H,11H2,1-3H3;5-8,10,19H,9H2,1-4H3;3-10,12,17H,11H2,1-2H3;4-7,9-10,18H,8H2,1-3H3. The predicted octanol–water partition coefficient (Wildman–Crippen LogP) is 23.7. The number of ether oxygens (including phenoxy) is 3. The number of aromatic nitrogens is 4. The molecule has 5 N–H and O–H groups in total. The number of methoxy groups -OCH3 is 3. The summed E-state index contributed by atoms with van der Waals surface area (Å²) in [4.78, 5) is 20.3. The Morgan fingerprint density at radius 3 is 1.11 bits per heavy atom. The average Bonchev–Trinajstić information content (AvgIpc) is 0.817. The van der Waals surface area contributed by atoms with E-state index in [1.807, 2.05) is 94.4 Å². The number of aliphatic hydroxyl groups is 5. The molecule has 0 radical (unpaired) electrons. The highest BCUT2D eigenvalue weighted by atomic mass is 16.5. The Bertz CT molecular complexity index is 4840. The first-order valence-corrected chi connectivity index (χ1v) is 38.5. The van der Waals surface area contributed by atoms with Crippen LogP contribution in [-0.2, 0) is 33.0 Å². The first-order chi connectivity index (χ1) is 53.7. The highest BCUT2D eigenvalue weighted by Gasteiger charge is 2.18. The van der Waals surface area contributed by atoms with Crippen molar-refractivity contribution in [1.82, 2.24) is 19.9 Å². The Labute approximate surface area is 666 Å². The zero-order valence-corrected chi connectivity index (χ0v) is 69.1. The molecule has 13 nitrogen and oxygen atoms in total. The van der Waals surface area contributed by atoms with Crippen LogP contribution >= 0.6 is 0 Å². The van der Waals surface area contributed by atoms with Crippen LogP contribution in [0.1, 0.15) is 203 Å². The number of hydrogen-bond acceptors (Lipinski definition) is 12. The number of hydrogen-bond donors (Lipinski definition) is 5. The second-order valence-corrected chi connectivity index (χ2v) is 29.7. The lowest BCUT2D eigenvalue weighted by atomic mass is 9.95. The van der Waals surface area contributed by atoms with Crippen molar-refractivity contribution in [2.75, 3.05) is 21.3 Å². The Balaban J connectivity index is 0.000000187. The molecule has 2 aromatic heterocycles. The van der Waals surface area contributed by atoms with Gasteiger partial charge in [0.15, 0.2) is 5.69 Å². The fourth-order valence-corrected chi connectivity index (χ4v) is 12.8. The van der Waals surface area contributed by atoms with Gasteiger partial charge in [-0.3, -0.25) is 0 Å². The van der Waals surface area contributed by atoms with Crippen LogP contribution in [-0.4, -0.2) is 66.8 Å². The van der Waals surface area contributed by atoms with Crippen molar-refractivity contribution in [3.8, 4) is 84.1 Å². The molecule has 0 spiro atoms. The summed E-state index contributed by atoms with van der Waals surface area (Å²) in [6, 6.07) is 72.7. The Hall–Kier alpha value is -11.0. The Kier molecular flexibility index (Phi) is 34.4. The lowest BCUT2D eigenvalue weighted by Gasteiger charge is -2.14. The first kappa shape index (κ1) is 88.3. The zero-order valence-electron chi connectivity index (χ0n) is 69.1. The molecule has 10 aromatic carbocycles. The normalized spacial score (nSPS) is 10.8. The quantitative estimate of drug-likeness (QED) is 0.0456. The number of nitrogens with zero attached hydrogens (tertiary/aromatic N) is 5. The first-order valence-electron chi connectivity index (χ1n) is 38.5. The molecule has 584 valence electrons. The van der Waals surface area contributed by atoms with Crippen molar-refractivity contribution in [2.24, 2.45) is 0 Å². The van der Waals surface area contributed by atoms with Gasteiger partial charge in [0, 0.05) is 17.3 Å². The summed E-state index contributed by atoms with van der Waals surface area (Å²) in [5, 5.41) is 47.1. The molecule has 0 fully saturated rings. The van der Waals surface area contributed by atoms with E-state index in [4.69, 9.17) is 20.8 Å². The van der Waals surface area contributed by atoms with Gasteiger partial charge in [-0.25, -0.2) is 24.8 Å². The van der Waals surface area contributed by atoms with Crippen LogP contribution in [0.15, 0.2) is 225 Å². The van der Waals surface area contributed by atoms with Gasteiger partial charge in [0.2, 0.25) is 5.88 Å². The second-order valence-electron chi connectivity index (χ2n) is 29.7. The maximum absolute atomic E-state index is 9.48. The van der Waals surface area contributed by atoms with Crippen molar-refractivity contribution < 1.29 is 39.7 Å². The maximum atomic E-state index is 9.48. The van der Waals surface area contributed by atoms with E-state index >= 15 is 0 Å². The summed E-state index contributed by atoms with van der Waals surface area (Å²) >= 11 is 0. The van der Waals surface area contributed by atoms with Crippen LogP contribution < -0.4 is 14.2 Å². The molecule has 2 heterocycles. The molecular weight excluding hydrogens is 1390 g/mol. The Morgan fingerprint density at radius 1 is 0.339 bits per heavy atom. The van der Waals surface area contributed by atoms with Crippen molar-refractivity contribution in [1.29, 1.82) is 0 Å². The van der Waals surface area contributed by atoms with Crippen LogP contribution in [0.25, 0.3) is 71.6 Å². The summed E-state index contributed by atoms with van der Waals surface area (Å²) in [6.07, 6.45) is 3.14. The molecule has 0 aliphatic heterocycles. The second kappa shape index (κ2) is 43.6. The summed E-state index contributed by atoms with van der Waals surface area (Å²) in [7, 11) is 4.87. The van der Waals surface area contributed by atoms with Gasteiger partial charge < -0.3 is 39.7 Å². The largest absolute Gasteiger partial charge is 0.497 e. The molecule has 0 aliphatic rings. The van der Waals surface area contributed by atoms with E-state index in [9.17, 15) is 25.5 Å². The molecule has 0 saturated carbocycles. The number of benzene rings is 10. The maximum Gasteiger partial charge on any atom is 0.224 e. The highest BCUT2D eigenvalue weighted by Crippen LogP contribution is 2.39. The lowest BCUT2D eigenvalue weighted by molar-refractivity contribution is 0.276. The predicted molar refractivity (Wildman–Crippen MR) is 461 cm³/mol. The molecule has 13 heteroatoms. The molecule has 0 atom stereocenters. The van der Waals surface area contributed by atoms with E-state index < -0.39 is 0 Å². The van der Waals surface area contributed by atoms with Gasteiger partial charge in [-0.1, -0.05) is 288 Å². The summed E-state index contributed by atoms with van der Waals surface area (Å²) in [5.74, 6) is 5.81. The zero-order chi connectivity index (χ0) is 81.7. The van der Waals surface area contributed by atoms with Gasteiger partial charge >= 0.3 is 0 Å². The molecule has 0 bridgehead atoms. The molecule has 0 saturated heterocycles. The molecule has 0 amide bonds. The van der Waals surface area contributed by atoms with Crippen LogP contribution in [0.2, 0.25) is 0 Å². The highest BCUT2D eigenvalue weighted by molar-refractivity contribution is 5.81. The van der Waals surface area contributed by atoms with E-state index in [0.29, 0.717) is 64.3 Å². The van der Waals surface area contributed by atoms with Gasteiger partial charge in [0.1, 0.15) is 23.7 Å². The van der Waals surface area contributed by atoms with Gasteiger partial charge in [-0.2, -0.15) is 0 Å². The van der Waals surface area contributed by atoms with E-state index in [1.165, 1.54) is 67.5 Å². The van der Waals surface area contributed by atoms with E-state index in [1.54, 1.807) is 27.5 Å². The van der Waals surface area contributed by atoms with Gasteiger partial charge in [-0.15, -0.1) is 0 Å². The number of rotatable bonds is 20.